The summed E-state index contributed by atoms with van der Waals surface area (Å²) in [6.07, 6.45) is 3.38. The predicted octanol–water partition coefficient (Wildman–Crippen LogP) is 2.37. The Labute approximate surface area is 68.0 Å². The van der Waals surface area contributed by atoms with E-state index < -0.39 is 6.16 Å². The molecule has 0 spiro atoms. The van der Waals surface area contributed by atoms with Crippen molar-refractivity contribution < 1.29 is 14.3 Å². The molecule has 3 nitrogen and oxygen atoms in total. The zero-order valence-electron chi connectivity index (χ0n) is 7.59. The van der Waals surface area contributed by atoms with Crippen LogP contribution in [0.4, 0.5) is 4.79 Å². The molecule has 3 heteroatoms. The van der Waals surface area contributed by atoms with Crippen molar-refractivity contribution in [1.82, 2.24) is 0 Å². The van der Waals surface area contributed by atoms with Crippen LogP contribution in [-0.2, 0) is 9.47 Å². The fourth-order valence-electron chi connectivity index (χ4n) is 0.177. The topological polar surface area (TPSA) is 35.5 Å². The average Bonchev–Trinajstić information content (AvgIpc) is 2.05. The third kappa shape index (κ3) is 17.6. The van der Waals surface area contributed by atoms with Gasteiger partial charge in [-0.05, 0) is 20.8 Å². The van der Waals surface area contributed by atoms with Gasteiger partial charge in [-0.25, -0.2) is 4.79 Å². The van der Waals surface area contributed by atoms with Crippen molar-refractivity contribution in [3.63, 3.8) is 0 Å². The van der Waals surface area contributed by atoms with Gasteiger partial charge < -0.3 is 9.47 Å². The van der Waals surface area contributed by atoms with Gasteiger partial charge in [-0.2, -0.15) is 0 Å². The summed E-state index contributed by atoms with van der Waals surface area (Å²) in [5, 5.41) is 0. The van der Waals surface area contributed by atoms with Crippen LogP contribution in [0.3, 0.4) is 0 Å². The Bertz CT molecular complexity index is 104. The smallest absolute Gasteiger partial charge is 0.438 e. The zero-order valence-corrected chi connectivity index (χ0v) is 7.59. The Hall–Kier alpha value is -0.990. The number of carbonyl (C=O) groups is 1. The molecule has 66 valence electrons. The molecule has 0 fully saturated rings. The van der Waals surface area contributed by atoms with Crippen LogP contribution in [0.15, 0.2) is 12.2 Å². The van der Waals surface area contributed by atoms with Gasteiger partial charge in [0.2, 0.25) is 0 Å². The summed E-state index contributed by atoms with van der Waals surface area (Å²) in [5.41, 5.74) is 0. The fourth-order valence-corrected chi connectivity index (χ4v) is 0.177. The predicted molar refractivity (Wildman–Crippen MR) is 44.5 cm³/mol. The molecule has 0 aromatic rings. The van der Waals surface area contributed by atoms with Crippen LogP contribution in [0.1, 0.15) is 20.8 Å². The Kier molecular flexibility index (Phi) is 13.5. The number of methoxy groups -OCH3 is 1. The highest BCUT2D eigenvalue weighted by atomic mass is 16.7. The number of carbonyl (C=O) groups excluding carboxylic acids is 1. The first kappa shape index (κ1) is 12.7. The summed E-state index contributed by atoms with van der Waals surface area (Å²) in [4.78, 5) is 9.97. The normalized spacial score (nSPS) is 8.36. The lowest BCUT2D eigenvalue weighted by atomic mass is 10.6. The van der Waals surface area contributed by atoms with E-state index in [0.29, 0.717) is 6.61 Å². The van der Waals surface area contributed by atoms with Gasteiger partial charge in [0.1, 0.15) is 0 Å². The van der Waals surface area contributed by atoms with Crippen molar-refractivity contribution in [2.75, 3.05) is 13.7 Å². The molecule has 0 bridgehead atoms. The van der Waals surface area contributed by atoms with Crippen LogP contribution < -0.4 is 0 Å². The van der Waals surface area contributed by atoms with Gasteiger partial charge in [0, 0.05) is 0 Å². The van der Waals surface area contributed by atoms with Crippen LogP contribution in [0.25, 0.3) is 0 Å². The molecule has 0 radical (unpaired) electrons. The van der Waals surface area contributed by atoms with Crippen LogP contribution in [0, 0.1) is 0 Å². The number of ether oxygens (including phenoxy) is 2. The molecule has 0 aliphatic rings. The average molecular weight is 160 g/mol. The third-order valence-electron chi connectivity index (χ3n) is 0.762. The summed E-state index contributed by atoms with van der Waals surface area (Å²) < 4.78 is 8.46. The minimum atomic E-state index is -0.623. The van der Waals surface area contributed by atoms with E-state index in [1.165, 1.54) is 7.11 Å². The highest BCUT2D eigenvalue weighted by molar-refractivity contribution is 5.59. The molecule has 0 aromatic heterocycles. The van der Waals surface area contributed by atoms with Crippen molar-refractivity contribution in [2.24, 2.45) is 0 Å². The van der Waals surface area contributed by atoms with E-state index in [4.69, 9.17) is 0 Å². The molecule has 0 atom stereocenters. The molecule has 0 aliphatic carbocycles. The Morgan fingerprint density at radius 3 is 1.91 bits per heavy atom. The molecule has 11 heavy (non-hydrogen) atoms. The number of hydrogen-bond donors (Lipinski definition) is 0. The lowest BCUT2D eigenvalue weighted by Gasteiger charge is -1.94. The lowest BCUT2D eigenvalue weighted by Crippen LogP contribution is -2.02. The minimum absolute atomic E-state index is 0.368. The number of allylic oxidation sites excluding steroid dienone is 2. The van der Waals surface area contributed by atoms with Gasteiger partial charge in [-0.3, -0.25) is 0 Å². The summed E-state index contributed by atoms with van der Waals surface area (Å²) in [6.45, 7) is 6.09. The highest BCUT2D eigenvalue weighted by Gasteiger charge is 1.92. The Balaban J connectivity index is 0. The molecule has 0 heterocycles. The van der Waals surface area contributed by atoms with Gasteiger partial charge in [-0.1, -0.05) is 12.2 Å². The Morgan fingerprint density at radius 2 is 1.82 bits per heavy atom. The summed E-state index contributed by atoms with van der Waals surface area (Å²) in [7, 11) is 1.28. The Morgan fingerprint density at radius 1 is 1.36 bits per heavy atom. The van der Waals surface area contributed by atoms with E-state index in [1.807, 2.05) is 26.0 Å². The number of hydrogen-bond acceptors (Lipinski definition) is 3. The lowest BCUT2D eigenvalue weighted by molar-refractivity contribution is 0.0771. The van der Waals surface area contributed by atoms with Crippen molar-refractivity contribution >= 4 is 6.16 Å². The van der Waals surface area contributed by atoms with Gasteiger partial charge in [0.25, 0.3) is 0 Å². The van der Waals surface area contributed by atoms with Crippen molar-refractivity contribution in [3.05, 3.63) is 12.2 Å². The largest absolute Gasteiger partial charge is 0.507 e. The number of rotatable bonds is 1. The van der Waals surface area contributed by atoms with Crippen molar-refractivity contribution in [1.29, 1.82) is 0 Å². The SMILES string of the molecule is CC=CC.CCOC(=O)OC. The first-order valence-corrected chi connectivity index (χ1v) is 3.50. The van der Waals surface area contributed by atoms with Crippen molar-refractivity contribution in [2.45, 2.75) is 20.8 Å². The maximum Gasteiger partial charge on any atom is 0.507 e. The van der Waals surface area contributed by atoms with E-state index in [0.717, 1.165) is 0 Å². The van der Waals surface area contributed by atoms with E-state index in [1.54, 1.807) is 6.92 Å². The zero-order chi connectivity index (χ0) is 9.11. The highest BCUT2D eigenvalue weighted by Crippen LogP contribution is 1.77. The molecule has 0 saturated heterocycles. The molecular formula is C8H16O3. The van der Waals surface area contributed by atoms with Gasteiger partial charge in [0.15, 0.2) is 0 Å². The third-order valence-corrected chi connectivity index (χ3v) is 0.762. The van der Waals surface area contributed by atoms with E-state index in [2.05, 4.69) is 9.47 Å². The fraction of sp³-hybridized carbons (Fsp3) is 0.625. The first-order chi connectivity index (χ1) is 5.22. The minimum Gasteiger partial charge on any atom is -0.438 e. The molecule has 0 N–H and O–H groups in total. The standard InChI is InChI=1S/C4H8O3.C4H8/c1-3-7-4(5)6-2;1-3-4-2/h3H2,1-2H3;3-4H,1-2H3. The van der Waals surface area contributed by atoms with Gasteiger partial charge in [0.05, 0.1) is 13.7 Å². The van der Waals surface area contributed by atoms with E-state index in [-0.39, 0.29) is 0 Å². The van der Waals surface area contributed by atoms with Crippen LogP contribution in [0.5, 0.6) is 0 Å². The first-order valence-electron chi connectivity index (χ1n) is 3.50. The maximum atomic E-state index is 9.97. The summed E-state index contributed by atoms with van der Waals surface area (Å²) in [5.74, 6) is 0. The van der Waals surface area contributed by atoms with E-state index in [9.17, 15) is 4.79 Å². The second-order valence-electron chi connectivity index (χ2n) is 1.55. The molecule has 0 rings (SSSR count). The molecule has 0 unspecified atom stereocenters. The second kappa shape index (κ2) is 11.8. The quantitative estimate of drug-likeness (QED) is 0.436. The van der Waals surface area contributed by atoms with Crippen LogP contribution >= 0.6 is 0 Å². The molecule has 0 amide bonds. The molecule has 0 aromatic carbocycles. The molecule has 0 saturated carbocycles. The van der Waals surface area contributed by atoms with Crippen molar-refractivity contribution in [3.8, 4) is 0 Å². The summed E-state index contributed by atoms with van der Waals surface area (Å²) in [6, 6.07) is 0. The van der Waals surface area contributed by atoms with Gasteiger partial charge >= 0.3 is 6.16 Å². The second-order valence-corrected chi connectivity index (χ2v) is 1.55. The van der Waals surface area contributed by atoms with Gasteiger partial charge in [-0.15, -0.1) is 0 Å². The molecular weight excluding hydrogens is 144 g/mol. The van der Waals surface area contributed by atoms with Crippen LogP contribution in [0.2, 0.25) is 0 Å². The van der Waals surface area contributed by atoms with E-state index >= 15 is 0 Å². The summed E-state index contributed by atoms with van der Waals surface area (Å²) >= 11 is 0. The maximum absolute atomic E-state index is 9.97. The molecule has 0 aliphatic heterocycles. The monoisotopic (exact) mass is 160 g/mol. The van der Waals surface area contributed by atoms with Crippen LogP contribution in [-0.4, -0.2) is 19.9 Å².